The third-order valence-electron chi connectivity index (χ3n) is 3.14. The Hall–Kier alpha value is -3.42. The SMILES string of the molecule is CC(=O)C(N=Nc1ccc([N+](=O)[O-])cc1O)C(=O)c1ccccc1. The van der Waals surface area contributed by atoms with E-state index in [1.54, 1.807) is 30.3 Å². The van der Waals surface area contributed by atoms with Crippen molar-refractivity contribution in [2.24, 2.45) is 10.2 Å². The second-order valence-electron chi connectivity index (χ2n) is 4.89. The van der Waals surface area contributed by atoms with Crippen molar-refractivity contribution in [3.63, 3.8) is 0 Å². The molecule has 0 aliphatic rings. The van der Waals surface area contributed by atoms with Gasteiger partial charge in [-0.05, 0) is 13.0 Å². The zero-order valence-electron chi connectivity index (χ0n) is 12.6. The quantitative estimate of drug-likeness (QED) is 0.287. The van der Waals surface area contributed by atoms with Gasteiger partial charge in [-0.25, -0.2) is 0 Å². The number of Topliss-reactive ketones (excluding diaryl/α,β-unsaturated/α-hetero) is 2. The predicted molar refractivity (Wildman–Crippen MR) is 84.5 cm³/mol. The third kappa shape index (κ3) is 3.86. The van der Waals surface area contributed by atoms with Gasteiger partial charge in [-0.2, -0.15) is 10.2 Å². The first-order chi connectivity index (χ1) is 11.4. The number of hydrogen-bond acceptors (Lipinski definition) is 7. The summed E-state index contributed by atoms with van der Waals surface area (Å²) in [6.45, 7) is 1.21. The smallest absolute Gasteiger partial charge is 0.273 e. The van der Waals surface area contributed by atoms with Crippen LogP contribution in [0.4, 0.5) is 11.4 Å². The summed E-state index contributed by atoms with van der Waals surface area (Å²) in [6, 6.07) is 10.0. The van der Waals surface area contributed by atoms with Gasteiger partial charge in [0.2, 0.25) is 0 Å². The first-order valence-electron chi connectivity index (χ1n) is 6.88. The number of nitro benzene ring substituents is 1. The highest BCUT2D eigenvalue weighted by Gasteiger charge is 2.24. The predicted octanol–water partition coefficient (Wildman–Crippen LogP) is 3.22. The van der Waals surface area contributed by atoms with Crippen molar-refractivity contribution in [2.45, 2.75) is 13.0 Å². The number of phenolic OH excluding ortho intramolecular Hbond substituents is 1. The molecule has 0 aliphatic heterocycles. The maximum atomic E-state index is 12.3. The topological polar surface area (TPSA) is 122 Å². The lowest BCUT2D eigenvalue weighted by atomic mass is 10.0. The second kappa shape index (κ2) is 7.23. The molecule has 2 aromatic rings. The van der Waals surface area contributed by atoms with Crippen molar-refractivity contribution in [1.29, 1.82) is 0 Å². The highest BCUT2D eigenvalue weighted by Crippen LogP contribution is 2.30. The fourth-order valence-electron chi connectivity index (χ4n) is 1.91. The van der Waals surface area contributed by atoms with Gasteiger partial charge in [-0.3, -0.25) is 19.7 Å². The average molecular weight is 327 g/mol. The van der Waals surface area contributed by atoms with Crippen molar-refractivity contribution in [2.75, 3.05) is 0 Å². The third-order valence-corrected chi connectivity index (χ3v) is 3.14. The molecule has 0 bridgehead atoms. The summed E-state index contributed by atoms with van der Waals surface area (Å²) < 4.78 is 0. The number of ketones is 2. The number of nitro groups is 1. The molecule has 8 heteroatoms. The van der Waals surface area contributed by atoms with Crippen LogP contribution in [0.1, 0.15) is 17.3 Å². The van der Waals surface area contributed by atoms with E-state index in [-0.39, 0.29) is 11.4 Å². The second-order valence-corrected chi connectivity index (χ2v) is 4.89. The van der Waals surface area contributed by atoms with E-state index in [9.17, 15) is 24.8 Å². The van der Waals surface area contributed by atoms with Crippen molar-refractivity contribution in [3.8, 4) is 5.75 Å². The Labute approximate surface area is 136 Å². The highest BCUT2D eigenvalue weighted by molar-refractivity contribution is 6.13. The molecule has 8 nitrogen and oxygen atoms in total. The molecule has 0 saturated heterocycles. The molecule has 0 heterocycles. The number of benzene rings is 2. The number of carbonyl (C=O) groups excluding carboxylic acids is 2. The van der Waals surface area contributed by atoms with Crippen molar-refractivity contribution < 1.29 is 19.6 Å². The summed E-state index contributed by atoms with van der Waals surface area (Å²) in [7, 11) is 0. The molecule has 0 aromatic heterocycles. The zero-order chi connectivity index (χ0) is 17.7. The summed E-state index contributed by atoms with van der Waals surface area (Å²) in [4.78, 5) is 33.9. The van der Waals surface area contributed by atoms with Crippen LogP contribution in [0.25, 0.3) is 0 Å². The van der Waals surface area contributed by atoms with Crippen molar-refractivity contribution in [3.05, 3.63) is 64.2 Å². The number of rotatable bonds is 6. The Bertz CT molecular complexity index is 818. The molecule has 0 spiro atoms. The van der Waals surface area contributed by atoms with E-state index in [4.69, 9.17) is 0 Å². The largest absolute Gasteiger partial charge is 0.505 e. The summed E-state index contributed by atoms with van der Waals surface area (Å²) >= 11 is 0. The number of hydrogen-bond donors (Lipinski definition) is 1. The molecule has 0 aliphatic carbocycles. The summed E-state index contributed by atoms with van der Waals surface area (Å²) in [6.07, 6.45) is 0. The fraction of sp³-hybridized carbons (Fsp3) is 0.125. The van der Waals surface area contributed by atoms with E-state index in [2.05, 4.69) is 10.2 Å². The molecule has 0 amide bonds. The number of aromatic hydroxyl groups is 1. The van der Waals surface area contributed by atoms with Gasteiger partial charge in [0.1, 0.15) is 11.4 Å². The van der Waals surface area contributed by atoms with Gasteiger partial charge >= 0.3 is 0 Å². The molecule has 0 fully saturated rings. The standard InChI is InChI=1S/C16H13N3O5/c1-10(20)15(16(22)11-5-3-2-4-6-11)18-17-13-8-7-12(19(23)24)9-14(13)21/h2-9,15,21H,1H3. The van der Waals surface area contributed by atoms with Gasteiger partial charge in [0, 0.05) is 11.6 Å². The number of non-ortho nitro benzene ring substituents is 1. The van der Waals surface area contributed by atoms with Crippen LogP contribution in [-0.2, 0) is 4.79 Å². The Balaban J connectivity index is 2.28. The van der Waals surface area contributed by atoms with Gasteiger partial charge in [-0.1, -0.05) is 30.3 Å². The monoisotopic (exact) mass is 327 g/mol. The van der Waals surface area contributed by atoms with E-state index in [0.717, 1.165) is 12.1 Å². The first-order valence-corrected chi connectivity index (χ1v) is 6.88. The van der Waals surface area contributed by atoms with Gasteiger partial charge < -0.3 is 5.11 Å². The number of carbonyl (C=O) groups is 2. The lowest BCUT2D eigenvalue weighted by Gasteiger charge is -2.07. The highest BCUT2D eigenvalue weighted by atomic mass is 16.6. The lowest BCUT2D eigenvalue weighted by Crippen LogP contribution is -2.26. The van der Waals surface area contributed by atoms with Gasteiger partial charge in [0.15, 0.2) is 17.6 Å². The van der Waals surface area contributed by atoms with E-state index >= 15 is 0 Å². The van der Waals surface area contributed by atoms with E-state index in [1.807, 2.05) is 0 Å². The molecule has 24 heavy (non-hydrogen) atoms. The normalized spacial score (nSPS) is 12.0. The zero-order valence-corrected chi connectivity index (χ0v) is 12.6. The van der Waals surface area contributed by atoms with Gasteiger partial charge in [0.05, 0.1) is 11.0 Å². The van der Waals surface area contributed by atoms with Crippen LogP contribution in [-0.4, -0.2) is 27.6 Å². The van der Waals surface area contributed by atoms with Crippen LogP contribution < -0.4 is 0 Å². The maximum absolute atomic E-state index is 12.3. The fourth-order valence-corrected chi connectivity index (χ4v) is 1.91. The van der Waals surface area contributed by atoms with Crippen molar-refractivity contribution >= 4 is 22.9 Å². The molecular formula is C16H13N3O5. The van der Waals surface area contributed by atoms with Gasteiger partial charge in [0.25, 0.3) is 5.69 Å². The number of phenols is 1. The minimum atomic E-state index is -1.35. The minimum absolute atomic E-state index is 0.0762. The Kier molecular flexibility index (Phi) is 5.10. The Morgan fingerprint density at radius 2 is 1.83 bits per heavy atom. The first kappa shape index (κ1) is 16.9. The molecule has 1 atom stereocenters. The van der Waals surface area contributed by atoms with E-state index in [1.165, 1.54) is 13.0 Å². The van der Waals surface area contributed by atoms with E-state index in [0.29, 0.717) is 5.56 Å². The van der Waals surface area contributed by atoms with E-state index < -0.39 is 28.3 Å². The van der Waals surface area contributed by atoms with Crippen LogP contribution in [0.15, 0.2) is 58.8 Å². The number of azo groups is 1. The molecule has 2 rings (SSSR count). The van der Waals surface area contributed by atoms with Crippen LogP contribution in [0, 0.1) is 10.1 Å². The molecule has 1 N–H and O–H groups in total. The summed E-state index contributed by atoms with van der Waals surface area (Å²) in [5.41, 5.74) is -0.0767. The molecular weight excluding hydrogens is 314 g/mol. The van der Waals surface area contributed by atoms with Crippen LogP contribution in [0.5, 0.6) is 5.75 Å². The molecule has 0 radical (unpaired) electrons. The van der Waals surface area contributed by atoms with Crippen LogP contribution in [0.3, 0.4) is 0 Å². The van der Waals surface area contributed by atoms with Crippen LogP contribution >= 0.6 is 0 Å². The molecule has 1 unspecified atom stereocenters. The minimum Gasteiger partial charge on any atom is -0.505 e. The van der Waals surface area contributed by atoms with Crippen LogP contribution in [0.2, 0.25) is 0 Å². The Morgan fingerprint density at radius 3 is 2.38 bits per heavy atom. The van der Waals surface area contributed by atoms with Gasteiger partial charge in [-0.15, -0.1) is 0 Å². The molecule has 122 valence electrons. The number of nitrogens with zero attached hydrogens (tertiary/aromatic N) is 3. The summed E-state index contributed by atoms with van der Waals surface area (Å²) in [5.74, 6) is -1.50. The molecule has 2 aromatic carbocycles. The maximum Gasteiger partial charge on any atom is 0.273 e. The average Bonchev–Trinajstić information content (AvgIpc) is 2.56. The Morgan fingerprint density at radius 1 is 1.17 bits per heavy atom. The lowest BCUT2D eigenvalue weighted by molar-refractivity contribution is -0.384. The summed E-state index contributed by atoms with van der Waals surface area (Å²) in [5, 5.41) is 27.7. The van der Waals surface area contributed by atoms with Crippen molar-refractivity contribution in [1.82, 2.24) is 0 Å². The molecule has 0 saturated carbocycles.